The molecule has 1 aliphatic rings. The largest absolute Gasteiger partial charge is 0.496 e. The molecule has 0 spiro atoms. The molecule has 0 bridgehead atoms. The molecule has 0 saturated carbocycles. The van der Waals surface area contributed by atoms with Gasteiger partial charge in [-0.3, -0.25) is 9.78 Å². The van der Waals surface area contributed by atoms with E-state index < -0.39 is 0 Å². The van der Waals surface area contributed by atoms with E-state index in [2.05, 4.69) is 30.7 Å². The highest BCUT2D eigenvalue weighted by molar-refractivity contribution is 5.97. The summed E-state index contributed by atoms with van der Waals surface area (Å²) in [6.07, 6.45) is 7.26. The normalized spacial score (nSPS) is 14.9. The Labute approximate surface area is 189 Å². The van der Waals surface area contributed by atoms with Gasteiger partial charge in [0.2, 0.25) is 0 Å². The van der Waals surface area contributed by atoms with Crippen LogP contribution in [0.3, 0.4) is 0 Å². The van der Waals surface area contributed by atoms with E-state index in [1.165, 1.54) is 0 Å². The molecule has 6 heteroatoms. The van der Waals surface area contributed by atoms with Crippen LogP contribution in [0.1, 0.15) is 61.4 Å². The van der Waals surface area contributed by atoms with Gasteiger partial charge in [-0.25, -0.2) is 9.97 Å². The highest BCUT2D eigenvalue weighted by Crippen LogP contribution is 2.35. The predicted octanol–water partition coefficient (Wildman–Crippen LogP) is 4.86. The second-order valence-electron chi connectivity index (χ2n) is 9.25. The standard InChI is InChI=1S/C26H30N4O2/c1-26(2,3)25-28-17-21(18-9-13-27-14-10-18)23(29-25)19-11-15-30(16-12-19)24(31)20-7-5-6-8-22(20)32-4/h5-10,13-14,17,19H,11-12,15-16H2,1-4H3. The molecular formula is C26H30N4O2. The molecule has 0 atom stereocenters. The summed E-state index contributed by atoms with van der Waals surface area (Å²) in [5.41, 5.74) is 3.67. The van der Waals surface area contributed by atoms with E-state index in [9.17, 15) is 4.79 Å². The lowest BCUT2D eigenvalue weighted by Crippen LogP contribution is -2.38. The maximum Gasteiger partial charge on any atom is 0.257 e. The zero-order valence-corrected chi connectivity index (χ0v) is 19.2. The van der Waals surface area contributed by atoms with Gasteiger partial charge in [0, 0.05) is 48.6 Å². The van der Waals surface area contributed by atoms with Crippen LogP contribution < -0.4 is 4.74 Å². The number of hydrogen-bond donors (Lipinski definition) is 0. The average Bonchev–Trinajstić information content (AvgIpc) is 2.83. The van der Waals surface area contributed by atoms with Gasteiger partial charge < -0.3 is 9.64 Å². The van der Waals surface area contributed by atoms with Gasteiger partial charge in [-0.1, -0.05) is 32.9 Å². The van der Waals surface area contributed by atoms with Crippen molar-refractivity contribution in [3.05, 3.63) is 72.1 Å². The molecule has 0 radical (unpaired) electrons. The lowest BCUT2D eigenvalue weighted by atomic mass is 9.87. The molecule has 6 nitrogen and oxygen atoms in total. The number of pyridine rings is 1. The molecule has 3 aromatic rings. The number of para-hydroxylation sites is 1. The fourth-order valence-electron chi connectivity index (χ4n) is 4.17. The molecular weight excluding hydrogens is 400 g/mol. The van der Waals surface area contributed by atoms with E-state index in [0.717, 1.165) is 35.5 Å². The third-order valence-electron chi connectivity index (χ3n) is 5.99. The van der Waals surface area contributed by atoms with E-state index >= 15 is 0 Å². The molecule has 1 saturated heterocycles. The first-order chi connectivity index (χ1) is 15.4. The van der Waals surface area contributed by atoms with Gasteiger partial charge in [0.1, 0.15) is 11.6 Å². The van der Waals surface area contributed by atoms with Crippen LogP contribution >= 0.6 is 0 Å². The molecule has 32 heavy (non-hydrogen) atoms. The van der Waals surface area contributed by atoms with Crippen molar-refractivity contribution in [1.29, 1.82) is 0 Å². The molecule has 1 aliphatic heterocycles. The van der Waals surface area contributed by atoms with Gasteiger partial charge in [-0.05, 0) is 42.7 Å². The van der Waals surface area contributed by atoms with Crippen LogP contribution in [0.25, 0.3) is 11.1 Å². The van der Waals surface area contributed by atoms with E-state index in [4.69, 9.17) is 9.72 Å². The predicted molar refractivity (Wildman–Crippen MR) is 125 cm³/mol. The topological polar surface area (TPSA) is 68.2 Å². The van der Waals surface area contributed by atoms with Crippen molar-refractivity contribution in [1.82, 2.24) is 19.9 Å². The van der Waals surface area contributed by atoms with Crippen molar-refractivity contribution >= 4 is 5.91 Å². The average molecular weight is 431 g/mol. The van der Waals surface area contributed by atoms with Crippen LogP contribution in [0.4, 0.5) is 0 Å². The molecule has 166 valence electrons. The summed E-state index contributed by atoms with van der Waals surface area (Å²) in [6, 6.07) is 11.4. The maximum absolute atomic E-state index is 13.1. The van der Waals surface area contributed by atoms with E-state index in [1.54, 1.807) is 19.5 Å². The van der Waals surface area contributed by atoms with Gasteiger partial charge >= 0.3 is 0 Å². The third kappa shape index (κ3) is 4.49. The van der Waals surface area contributed by atoms with E-state index in [0.29, 0.717) is 24.4 Å². The number of carbonyl (C=O) groups excluding carboxylic acids is 1. The number of ether oxygens (including phenoxy) is 1. The van der Waals surface area contributed by atoms with Crippen LogP contribution in [0.15, 0.2) is 55.0 Å². The molecule has 3 heterocycles. The number of hydrogen-bond acceptors (Lipinski definition) is 5. The van der Waals surface area contributed by atoms with Crippen LogP contribution in [-0.4, -0.2) is 46.0 Å². The highest BCUT2D eigenvalue weighted by atomic mass is 16.5. The smallest absolute Gasteiger partial charge is 0.257 e. The first kappa shape index (κ1) is 21.9. The number of likely N-dealkylation sites (tertiary alicyclic amines) is 1. The quantitative estimate of drug-likeness (QED) is 0.591. The first-order valence-corrected chi connectivity index (χ1v) is 11.1. The Morgan fingerprint density at radius 2 is 1.75 bits per heavy atom. The number of aromatic nitrogens is 3. The second kappa shape index (κ2) is 9.07. The van der Waals surface area contributed by atoms with Gasteiger partial charge in [-0.2, -0.15) is 0 Å². The van der Waals surface area contributed by atoms with Gasteiger partial charge in [0.25, 0.3) is 5.91 Å². The molecule has 4 rings (SSSR count). The number of rotatable bonds is 4. The maximum atomic E-state index is 13.1. The summed E-state index contributed by atoms with van der Waals surface area (Å²) < 4.78 is 5.39. The van der Waals surface area contributed by atoms with Crippen LogP contribution in [-0.2, 0) is 5.41 Å². The fourth-order valence-corrected chi connectivity index (χ4v) is 4.17. The zero-order valence-electron chi connectivity index (χ0n) is 19.2. The summed E-state index contributed by atoms with van der Waals surface area (Å²) in [5.74, 6) is 1.75. The number of carbonyl (C=O) groups is 1. The summed E-state index contributed by atoms with van der Waals surface area (Å²) in [7, 11) is 1.60. The number of benzene rings is 1. The zero-order chi connectivity index (χ0) is 22.7. The molecule has 0 N–H and O–H groups in total. The minimum Gasteiger partial charge on any atom is -0.496 e. The van der Waals surface area contributed by atoms with Crippen molar-refractivity contribution in [2.24, 2.45) is 0 Å². The Balaban J connectivity index is 1.59. The minimum absolute atomic E-state index is 0.0216. The van der Waals surface area contributed by atoms with Crippen LogP contribution in [0, 0.1) is 0 Å². The number of amides is 1. The Morgan fingerprint density at radius 1 is 1.06 bits per heavy atom. The summed E-state index contributed by atoms with van der Waals surface area (Å²) in [4.78, 5) is 28.9. The minimum atomic E-state index is -0.133. The number of methoxy groups -OCH3 is 1. The fraction of sp³-hybridized carbons (Fsp3) is 0.385. The Hall–Kier alpha value is -3.28. The second-order valence-corrected chi connectivity index (χ2v) is 9.25. The molecule has 2 aromatic heterocycles. The van der Waals surface area contributed by atoms with Crippen LogP contribution in [0.5, 0.6) is 5.75 Å². The first-order valence-electron chi connectivity index (χ1n) is 11.1. The molecule has 1 fully saturated rings. The molecule has 0 aliphatic carbocycles. The van der Waals surface area contributed by atoms with E-state index in [1.807, 2.05) is 47.5 Å². The number of nitrogens with zero attached hydrogens (tertiary/aromatic N) is 4. The van der Waals surface area contributed by atoms with Gasteiger partial charge in [-0.15, -0.1) is 0 Å². The number of piperidine rings is 1. The Bertz CT molecular complexity index is 1080. The molecule has 1 aromatic carbocycles. The van der Waals surface area contributed by atoms with E-state index in [-0.39, 0.29) is 17.2 Å². The summed E-state index contributed by atoms with van der Waals surface area (Å²) in [5, 5.41) is 0. The molecule has 1 amide bonds. The highest BCUT2D eigenvalue weighted by Gasteiger charge is 2.29. The lowest BCUT2D eigenvalue weighted by molar-refractivity contribution is 0.0708. The monoisotopic (exact) mass is 430 g/mol. The SMILES string of the molecule is COc1ccccc1C(=O)N1CCC(c2nc(C(C)(C)C)ncc2-c2ccncc2)CC1. The van der Waals surface area contributed by atoms with Crippen molar-refractivity contribution in [3.63, 3.8) is 0 Å². The third-order valence-corrected chi connectivity index (χ3v) is 5.99. The van der Waals surface area contributed by atoms with Gasteiger partial charge in [0.05, 0.1) is 18.4 Å². The van der Waals surface area contributed by atoms with Crippen molar-refractivity contribution in [2.45, 2.75) is 44.9 Å². The summed E-state index contributed by atoms with van der Waals surface area (Å²) >= 11 is 0. The lowest BCUT2D eigenvalue weighted by Gasteiger charge is -2.33. The Morgan fingerprint density at radius 3 is 2.41 bits per heavy atom. The van der Waals surface area contributed by atoms with Gasteiger partial charge in [0.15, 0.2) is 0 Å². The van der Waals surface area contributed by atoms with Crippen molar-refractivity contribution < 1.29 is 9.53 Å². The van der Waals surface area contributed by atoms with Crippen molar-refractivity contribution in [3.8, 4) is 16.9 Å². The Kier molecular flexibility index (Phi) is 6.21. The van der Waals surface area contributed by atoms with Crippen LogP contribution in [0.2, 0.25) is 0 Å². The molecule has 0 unspecified atom stereocenters. The van der Waals surface area contributed by atoms with Crippen molar-refractivity contribution in [2.75, 3.05) is 20.2 Å². The summed E-state index contributed by atoms with van der Waals surface area (Å²) in [6.45, 7) is 7.77.